The van der Waals surface area contributed by atoms with Gasteiger partial charge in [-0.05, 0) is 61.2 Å². The number of benzene rings is 2. The van der Waals surface area contributed by atoms with Crippen LogP contribution in [0.25, 0.3) is 0 Å². The number of Topliss-reactive ketones (excluding diaryl/α,β-unsaturated/α-hetero) is 1. The lowest BCUT2D eigenvalue weighted by molar-refractivity contribution is -0.135. The molecule has 2 aliphatic heterocycles. The summed E-state index contributed by atoms with van der Waals surface area (Å²) >= 11 is 0. The van der Waals surface area contributed by atoms with Gasteiger partial charge in [-0.3, -0.25) is 9.59 Å². The van der Waals surface area contributed by atoms with Gasteiger partial charge >= 0.3 is 0 Å². The fourth-order valence-corrected chi connectivity index (χ4v) is 5.35. The molecular formula is C28H25NO5. The summed E-state index contributed by atoms with van der Waals surface area (Å²) in [7, 11) is 0. The SMILES string of the molecule is O=C1C2=C(OC3CCCCC13)C(=O)N(Cc1ccco1)C2c1cccc(Oc2ccccc2)c1. The number of amides is 1. The van der Waals surface area contributed by atoms with Crippen molar-refractivity contribution in [3.05, 3.63) is 95.6 Å². The van der Waals surface area contributed by atoms with E-state index in [1.54, 1.807) is 17.2 Å². The summed E-state index contributed by atoms with van der Waals surface area (Å²) in [5.74, 6) is 1.82. The Labute approximate surface area is 197 Å². The van der Waals surface area contributed by atoms with E-state index >= 15 is 0 Å². The number of rotatable bonds is 5. The standard InChI is InChI=1S/C28H25NO5/c30-26-22-13-4-5-14-23(22)34-27-24(26)25(29(28(27)31)17-21-12-7-15-32-21)18-8-6-11-20(16-18)33-19-9-2-1-3-10-19/h1-3,6-12,15-16,22-23,25H,4-5,13-14,17H2. The molecular weight excluding hydrogens is 430 g/mol. The molecule has 3 atom stereocenters. The lowest BCUT2D eigenvalue weighted by Gasteiger charge is -2.35. The molecule has 3 unspecified atom stereocenters. The van der Waals surface area contributed by atoms with Crippen LogP contribution in [0.1, 0.15) is 43.0 Å². The summed E-state index contributed by atoms with van der Waals surface area (Å²) in [5.41, 5.74) is 1.28. The molecule has 0 radical (unpaired) electrons. The number of para-hydroxylation sites is 1. The predicted molar refractivity (Wildman–Crippen MR) is 124 cm³/mol. The smallest absolute Gasteiger partial charge is 0.290 e. The molecule has 0 bridgehead atoms. The van der Waals surface area contributed by atoms with Crippen LogP contribution in [0.3, 0.4) is 0 Å². The number of ketones is 1. The molecule has 34 heavy (non-hydrogen) atoms. The molecule has 1 aliphatic carbocycles. The molecule has 1 fully saturated rings. The molecule has 3 aliphatic rings. The second-order valence-corrected chi connectivity index (χ2v) is 9.06. The molecule has 6 nitrogen and oxygen atoms in total. The van der Waals surface area contributed by atoms with Gasteiger partial charge in [-0.2, -0.15) is 0 Å². The van der Waals surface area contributed by atoms with Gasteiger partial charge in [0, 0.05) is 0 Å². The van der Waals surface area contributed by atoms with Gasteiger partial charge in [-0.25, -0.2) is 0 Å². The first-order valence-electron chi connectivity index (χ1n) is 11.8. The number of furan rings is 1. The van der Waals surface area contributed by atoms with E-state index in [1.165, 1.54) is 0 Å². The molecule has 3 heterocycles. The summed E-state index contributed by atoms with van der Waals surface area (Å²) in [4.78, 5) is 29.0. The van der Waals surface area contributed by atoms with Gasteiger partial charge in [-0.1, -0.05) is 36.8 Å². The Morgan fingerprint density at radius 1 is 0.912 bits per heavy atom. The van der Waals surface area contributed by atoms with Gasteiger partial charge in [0.1, 0.15) is 23.4 Å². The Kier molecular flexibility index (Phi) is 5.21. The fourth-order valence-electron chi connectivity index (χ4n) is 5.35. The monoisotopic (exact) mass is 455 g/mol. The van der Waals surface area contributed by atoms with Crippen LogP contribution in [0, 0.1) is 5.92 Å². The Hall–Kier alpha value is -3.80. The maximum absolute atomic E-state index is 13.7. The molecule has 0 N–H and O–H groups in total. The zero-order valence-corrected chi connectivity index (χ0v) is 18.7. The summed E-state index contributed by atoms with van der Waals surface area (Å²) in [6.45, 7) is 0.249. The highest BCUT2D eigenvalue weighted by Gasteiger charge is 2.52. The van der Waals surface area contributed by atoms with E-state index in [2.05, 4.69) is 0 Å². The zero-order chi connectivity index (χ0) is 23.1. The number of nitrogens with zero attached hydrogens (tertiary/aromatic N) is 1. The van der Waals surface area contributed by atoms with Crippen LogP contribution in [-0.2, 0) is 20.9 Å². The fraction of sp³-hybridized carbons (Fsp3) is 0.286. The van der Waals surface area contributed by atoms with Crippen molar-refractivity contribution < 1.29 is 23.5 Å². The third kappa shape index (κ3) is 3.59. The molecule has 1 amide bonds. The Morgan fingerprint density at radius 3 is 2.56 bits per heavy atom. The molecule has 2 aromatic carbocycles. The number of fused-ring (bicyclic) bond motifs is 1. The van der Waals surface area contributed by atoms with E-state index in [0.29, 0.717) is 17.1 Å². The molecule has 0 saturated heterocycles. The molecule has 1 aromatic heterocycles. The number of hydrogen-bond acceptors (Lipinski definition) is 5. The van der Waals surface area contributed by atoms with E-state index in [0.717, 1.165) is 37.0 Å². The molecule has 1 saturated carbocycles. The normalized spacial score (nSPS) is 24.0. The minimum atomic E-state index is -0.553. The van der Waals surface area contributed by atoms with Crippen LogP contribution >= 0.6 is 0 Å². The van der Waals surface area contributed by atoms with Crippen LogP contribution in [0.4, 0.5) is 0 Å². The van der Waals surface area contributed by atoms with Crippen LogP contribution in [0.2, 0.25) is 0 Å². The highest BCUT2D eigenvalue weighted by Crippen LogP contribution is 2.47. The third-order valence-corrected chi connectivity index (χ3v) is 6.92. The summed E-state index contributed by atoms with van der Waals surface area (Å²) < 4.78 is 17.8. The Morgan fingerprint density at radius 2 is 1.74 bits per heavy atom. The quantitative estimate of drug-likeness (QED) is 0.503. The van der Waals surface area contributed by atoms with Gasteiger partial charge in [0.25, 0.3) is 5.91 Å². The van der Waals surface area contributed by atoms with Crippen molar-refractivity contribution in [1.29, 1.82) is 0 Å². The predicted octanol–water partition coefficient (Wildman–Crippen LogP) is 5.57. The highest BCUT2D eigenvalue weighted by molar-refractivity contribution is 6.11. The highest BCUT2D eigenvalue weighted by atomic mass is 16.5. The van der Waals surface area contributed by atoms with Crippen LogP contribution in [0.5, 0.6) is 11.5 Å². The minimum absolute atomic E-state index is 0.0422. The van der Waals surface area contributed by atoms with Crippen LogP contribution in [-0.4, -0.2) is 22.7 Å². The first-order valence-corrected chi connectivity index (χ1v) is 11.8. The van der Waals surface area contributed by atoms with E-state index in [-0.39, 0.29) is 36.0 Å². The average Bonchev–Trinajstić information content (AvgIpc) is 3.47. The number of carbonyl (C=O) groups is 2. The van der Waals surface area contributed by atoms with Crippen molar-refractivity contribution in [3.8, 4) is 11.5 Å². The van der Waals surface area contributed by atoms with Gasteiger partial charge in [-0.15, -0.1) is 0 Å². The largest absolute Gasteiger partial charge is 0.483 e. The van der Waals surface area contributed by atoms with Crippen molar-refractivity contribution in [1.82, 2.24) is 4.90 Å². The van der Waals surface area contributed by atoms with Gasteiger partial charge in [0.2, 0.25) is 0 Å². The maximum Gasteiger partial charge on any atom is 0.290 e. The molecule has 0 spiro atoms. The topological polar surface area (TPSA) is 69.0 Å². The third-order valence-electron chi connectivity index (χ3n) is 6.92. The number of carbonyl (C=O) groups excluding carboxylic acids is 2. The summed E-state index contributed by atoms with van der Waals surface area (Å²) in [6.07, 6.45) is 5.02. The molecule has 6 heteroatoms. The second kappa shape index (κ2) is 8.52. The van der Waals surface area contributed by atoms with Gasteiger partial charge in [0.05, 0.1) is 30.3 Å². The Balaban J connectivity index is 1.40. The lowest BCUT2D eigenvalue weighted by Crippen LogP contribution is -2.39. The first-order chi connectivity index (χ1) is 16.7. The van der Waals surface area contributed by atoms with Crippen molar-refractivity contribution in [2.45, 2.75) is 44.4 Å². The summed E-state index contributed by atoms with van der Waals surface area (Å²) in [6, 6.07) is 20.2. The van der Waals surface area contributed by atoms with Crippen molar-refractivity contribution in [3.63, 3.8) is 0 Å². The van der Waals surface area contributed by atoms with E-state index in [4.69, 9.17) is 13.9 Å². The minimum Gasteiger partial charge on any atom is -0.483 e. The number of hydrogen-bond donors (Lipinski definition) is 0. The average molecular weight is 456 g/mol. The van der Waals surface area contributed by atoms with Gasteiger partial charge in [0.15, 0.2) is 11.5 Å². The van der Waals surface area contributed by atoms with E-state index in [1.807, 2.05) is 60.7 Å². The second-order valence-electron chi connectivity index (χ2n) is 9.06. The van der Waals surface area contributed by atoms with Crippen LogP contribution < -0.4 is 4.74 Å². The maximum atomic E-state index is 13.7. The van der Waals surface area contributed by atoms with E-state index in [9.17, 15) is 9.59 Å². The summed E-state index contributed by atoms with van der Waals surface area (Å²) in [5, 5.41) is 0. The van der Waals surface area contributed by atoms with Crippen molar-refractivity contribution >= 4 is 11.7 Å². The van der Waals surface area contributed by atoms with Crippen LogP contribution in [0.15, 0.2) is 88.7 Å². The molecule has 172 valence electrons. The molecule has 6 rings (SSSR count). The number of ether oxygens (including phenoxy) is 2. The van der Waals surface area contributed by atoms with Crippen molar-refractivity contribution in [2.75, 3.05) is 0 Å². The van der Waals surface area contributed by atoms with Gasteiger partial charge < -0.3 is 18.8 Å². The Bertz CT molecular complexity index is 1250. The van der Waals surface area contributed by atoms with Crippen molar-refractivity contribution in [2.24, 2.45) is 5.92 Å². The zero-order valence-electron chi connectivity index (χ0n) is 18.7. The lowest BCUT2D eigenvalue weighted by atomic mass is 9.77. The molecule has 3 aromatic rings. The first kappa shape index (κ1) is 20.8. The van der Waals surface area contributed by atoms with E-state index < -0.39 is 6.04 Å².